The molecule has 0 saturated heterocycles. The molecule has 4 nitrogen and oxygen atoms in total. The zero-order valence-corrected chi connectivity index (χ0v) is 11.6. The number of benzene rings is 1. The largest absolute Gasteiger partial charge is 0.399 e. The molecule has 0 unspecified atom stereocenters. The van der Waals surface area contributed by atoms with Crippen LogP contribution in [0.25, 0.3) is 10.9 Å². The van der Waals surface area contributed by atoms with Crippen molar-refractivity contribution in [3.63, 3.8) is 0 Å². The van der Waals surface area contributed by atoms with Gasteiger partial charge in [0, 0.05) is 42.2 Å². The topological polar surface area (TPSA) is 62.4 Å². The number of hydrogen-bond donors (Lipinski definition) is 2. The van der Waals surface area contributed by atoms with Crippen LogP contribution in [-0.2, 0) is 0 Å². The van der Waals surface area contributed by atoms with Crippen molar-refractivity contribution in [3.8, 4) is 0 Å². The van der Waals surface area contributed by atoms with Gasteiger partial charge in [0.05, 0.1) is 5.52 Å². The Balaban J connectivity index is 2.52. The maximum atomic E-state index is 9.01. The number of nitrogens with two attached hydrogens (primary N) is 1. The standard InChI is InChI=1S/C15H21N3O/c1-3-18(7-4-8-19)15-9-11(2)17-14-6-5-12(16)10-13(14)15/h5-6,9-10,19H,3-4,7-8,16H2,1-2H3. The van der Waals surface area contributed by atoms with E-state index in [9.17, 15) is 0 Å². The van der Waals surface area contributed by atoms with E-state index in [2.05, 4.69) is 22.9 Å². The Kier molecular flexibility index (Phi) is 4.22. The fraction of sp³-hybridized carbons (Fsp3) is 0.400. The van der Waals surface area contributed by atoms with Crippen molar-refractivity contribution in [1.82, 2.24) is 4.98 Å². The molecule has 0 atom stereocenters. The van der Waals surface area contributed by atoms with Crippen molar-refractivity contribution in [1.29, 1.82) is 0 Å². The summed E-state index contributed by atoms with van der Waals surface area (Å²) in [7, 11) is 0. The van der Waals surface area contributed by atoms with E-state index in [0.29, 0.717) is 0 Å². The van der Waals surface area contributed by atoms with E-state index in [4.69, 9.17) is 10.8 Å². The zero-order valence-electron chi connectivity index (χ0n) is 11.6. The molecule has 1 aromatic carbocycles. The number of nitrogen functional groups attached to an aromatic ring is 1. The van der Waals surface area contributed by atoms with E-state index < -0.39 is 0 Å². The summed E-state index contributed by atoms with van der Waals surface area (Å²) in [6.45, 7) is 6.05. The number of pyridine rings is 1. The normalized spacial score (nSPS) is 10.9. The van der Waals surface area contributed by atoms with E-state index in [1.165, 1.54) is 0 Å². The number of aryl methyl sites for hydroxylation is 1. The summed E-state index contributed by atoms with van der Waals surface area (Å²) in [6, 6.07) is 7.89. The Labute approximate surface area is 113 Å². The van der Waals surface area contributed by atoms with Crippen LogP contribution in [0.15, 0.2) is 24.3 Å². The van der Waals surface area contributed by atoms with Gasteiger partial charge in [0.1, 0.15) is 0 Å². The lowest BCUT2D eigenvalue weighted by Crippen LogP contribution is -2.25. The number of fused-ring (bicyclic) bond motifs is 1. The fourth-order valence-corrected chi connectivity index (χ4v) is 2.33. The molecule has 3 N–H and O–H groups in total. The van der Waals surface area contributed by atoms with E-state index in [-0.39, 0.29) is 6.61 Å². The smallest absolute Gasteiger partial charge is 0.0727 e. The average Bonchev–Trinajstić information content (AvgIpc) is 2.40. The minimum atomic E-state index is 0.209. The molecule has 0 aliphatic heterocycles. The van der Waals surface area contributed by atoms with Gasteiger partial charge >= 0.3 is 0 Å². The maximum absolute atomic E-state index is 9.01. The van der Waals surface area contributed by atoms with E-state index in [0.717, 1.165) is 47.5 Å². The van der Waals surface area contributed by atoms with Gasteiger partial charge in [-0.05, 0) is 44.5 Å². The van der Waals surface area contributed by atoms with Crippen molar-refractivity contribution >= 4 is 22.3 Å². The first-order valence-corrected chi connectivity index (χ1v) is 6.68. The van der Waals surface area contributed by atoms with Gasteiger partial charge in [-0.1, -0.05) is 0 Å². The molecule has 19 heavy (non-hydrogen) atoms. The van der Waals surface area contributed by atoms with Gasteiger partial charge in [-0.3, -0.25) is 4.98 Å². The van der Waals surface area contributed by atoms with Gasteiger partial charge in [-0.25, -0.2) is 0 Å². The van der Waals surface area contributed by atoms with Crippen LogP contribution in [0.3, 0.4) is 0 Å². The Morgan fingerprint density at radius 2 is 2.11 bits per heavy atom. The molecule has 0 radical (unpaired) electrons. The third kappa shape index (κ3) is 2.96. The van der Waals surface area contributed by atoms with Crippen LogP contribution < -0.4 is 10.6 Å². The average molecular weight is 259 g/mol. The number of hydrogen-bond acceptors (Lipinski definition) is 4. The Bertz CT molecular complexity index is 569. The van der Waals surface area contributed by atoms with Crippen LogP contribution in [0.2, 0.25) is 0 Å². The van der Waals surface area contributed by atoms with Crippen molar-refractivity contribution in [2.75, 3.05) is 30.3 Å². The SMILES string of the molecule is CCN(CCCO)c1cc(C)nc2ccc(N)cc12. The number of aromatic nitrogens is 1. The predicted octanol–water partition coefficient (Wildman–Crippen LogP) is 2.33. The number of rotatable bonds is 5. The van der Waals surface area contributed by atoms with Crippen molar-refractivity contribution in [3.05, 3.63) is 30.0 Å². The van der Waals surface area contributed by atoms with E-state index in [1.807, 2.05) is 25.1 Å². The third-order valence-corrected chi connectivity index (χ3v) is 3.25. The first-order chi connectivity index (χ1) is 9.15. The first kappa shape index (κ1) is 13.6. The second-order valence-corrected chi connectivity index (χ2v) is 4.72. The van der Waals surface area contributed by atoms with Crippen LogP contribution in [0, 0.1) is 6.92 Å². The van der Waals surface area contributed by atoms with E-state index in [1.54, 1.807) is 0 Å². The monoisotopic (exact) mass is 259 g/mol. The Hall–Kier alpha value is -1.81. The van der Waals surface area contributed by atoms with Gasteiger partial charge in [-0.15, -0.1) is 0 Å². The van der Waals surface area contributed by atoms with Crippen molar-refractivity contribution in [2.45, 2.75) is 20.3 Å². The molecular formula is C15H21N3O. The lowest BCUT2D eigenvalue weighted by molar-refractivity contribution is 0.289. The van der Waals surface area contributed by atoms with Crippen LogP contribution >= 0.6 is 0 Å². The number of anilines is 2. The molecule has 0 saturated carbocycles. The summed E-state index contributed by atoms with van der Waals surface area (Å²) in [5.41, 5.74) is 9.74. The molecule has 1 aromatic heterocycles. The van der Waals surface area contributed by atoms with Gasteiger partial charge < -0.3 is 15.7 Å². The summed E-state index contributed by atoms with van der Waals surface area (Å²) >= 11 is 0. The van der Waals surface area contributed by atoms with E-state index >= 15 is 0 Å². The zero-order chi connectivity index (χ0) is 13.8. The summed E-state index contributed by atoms with van der Waals surface area (Å²) in [5.74, 6) is 0. The Morgan fingerprint density at radius 1 is 1.32 bits per heavy atom. The lowest BCUT2D eigenvalue weighted by atomic mass is 10.1. The summed E-state index contributed by atoms with van der Waals surface area (Å²) in [5, 5.41) is 10.1. The van der Waals surface area contributed by atoms with Crippen molar-refractivity contribution in [2.24, 2.45) is 0 Å². The number of aliphatic hydroxyl groups is 1. The predicted molar refractivity (Wildman–Crippen MR) is 80.5 cm³/mol. The summed E-state index contributed by atoms with van der Waals surface area (Å²) < 4.78 is 0. The van der Waals surface area contributed by atoms with Crippen LogP contribution in [0.4, 0.5) is 11.4 Å². The van der Waals surface area contributed by atoms with Gasteiger partial charge in [0.2, 0.25) is 0 Å². The molecule has 4 heteroatoms. The minimum absolute atomic E-state index is 0.209. The lowest BCUT2D eigenvalue weighted by Gasteiger charge is -2.24. The van der Waals surface area contributed by atoms with Gasteiger partial charge in [0.15, 0.2) is 0 Å². The van der Waals surface area contributed by atoms with Gasteiger partial charge in [-0.2, -0.15) is 0 Å². The van der Waals surface area contributed by atoms with Crippen molar-refractivity contribution < 1.29 is 5.11 Å². The molecule has 1 heterocycles. The fourth-order valence-electron chi connectivity index (χ4n) is 2.33. The van der Waals surface area contributed by atoms with Gasteiger partial charge in [0.25, 0.3) is 0 Å². The van der Waals surface area contributed by atoms with Crippen LogP contribution in [-0.4, -0.2) is 29.8 Å². The highest BCUT2D eigenvalue weighted by Gasteiger charge is 2.10. The third-order valence-electron chi connectivity index (χ3n) is 3.25. The second kappa shape index (κ2) is 5.89. The molecule has 0 aliphatic carbocycles. The molecule has 102 valence electrons. The molecule has 0 spiro atoms. The highest BCUT2D eigenvalue weighted by atomic mass is 16.3. The van der Waals surface area contributed by atoms with Crippen LogP contribution in [0.1, 0.15) is 19.0 Å². The highest BCUT2D eigenvalue weighted by molar-refractivity contribution is 5.94. The molecule has 0 amide bonds. The molecule has 0 fully saturated rings. The molecule has 2 aromatic rings. The Morgan fingerprint density at radius 3 is 2.79 bits per heavy atom. The summed E-state index contributed by atoms with van der Waals surface area (Å²) in [6.07, 6.45) is 0.763. The quantitative estimate of drug-likeness (QED) is 0.809. The second-order valence-electron chi connectivity index (χ2n) is 4.72. The van der Waals surface area contributed by atoms with Crippen LogP contribution in [0.5, 0.6) is 0 Å². The summed E-state index contributed by atoms with van der Waals surface area (Å²) in [4.78, 5) is 6.80. The molecular weight excluding hydrogens is 238 g/mol. The first-order valence-electron chi connectivity index (χ1n) is 6.68. The maximum Gasteiger partial charge on any atom is 0.0727 e. The highest BCUT2D eigenvalue weighted by Crippen LogP contribution is 2.28. The molecule has 2 rings (SSSR count). The minimum Gasteiger partial charge on any atom is -0.399 e. The number of aliphatic hydroxyl groups excluding tert-OH is 1. The number of nitrogens with zero attached hydrogens (tertiary/aromatic N) is 2. The molecule has 0 aliphatic rings. The molecule has 0 bridgehead atoms.